The zero-order valence-electron chi connectivity index (χ0n) is 14.0. The third-order valence-corrected chi connectivity index (χ3v) is 5.64. The average Bonchev–Trinajstić information content (AvgIpc) is 2.54. The topological polar surface area (TPSA) is 41.1 Å². The molecule has 2 aliphatic rings. The molecule has 1 aliphatic carbocycles. The SMILES string of the molecule is CCCCC1CCC(C(=O)NC(C)C2CCNCC2)CC1. The van der Waals surface area contributed by atoms with E-state index in [1.165, 1.54) is 44.9 Å². The maximum Gasteiger partial charge on any atom is 0.223 e. The molecule has 3 nitrogen and oxygen atoms in total. The highest BCUT2D eigenvalue weighted by Crippen LogP contribution is 2.32. The molecule has 2 fully saturated rings. The minimum Gasteiger partial charge on any atom is -0.353 e. The molecule has 2 rings (SSSR count). The Kier molecular flexibility index (Phi) is 7.01. The van der Waals surface area contributed by atoms with Gasteiger partial charge in [0.25, 0.3) is 0 Å². The summed E-state index contributed by atoms with van der Waals surface area (Å²) in [5.74, 6) is 2.16. The van der Waals surface area contributed by atoms with E-state index < -0.39 is 0 Å². The van der Waals surface area contributed by atoms with Crippen LogP contribution in [0.3, 0.4) is 0 Å². The Morgan fingerprint density at radius 2 is 1.81 bits per heavy atom. The molecule has 1 saturated carbocycles. The summed E-state index contributed by atoms with van der Waals surface area (Å²) in [5, 5.41) is 6.71. The first-order valence-electron chi connectivity index (χ1n) is 9.21. The van der Waals surface area contributed by atoms with Crippen molar-refractivity contribution < 1.29 is 4.79 Å². The van der Waals surface area contributed by atoms with Crippen LogP contribution in [0, 0.1) is 17.8 Å². The largest absolute Gasteiger partial charge is 0.353 e. The fourth-order valence-corrected chi connectivity index (χ4v) is 4.01. The van der Waals surface area contributed by atoms with Crippen molar-refractivity contribution >= 4 is 5.91 Å². The van der Waals surface area contributed by atoms with E-state index in [2.05, 4.69) is 24.5 Å². The van der Waals surface area contributed by atoms with Crippen LogP contribution in [0.1, 0.15) is 71.6 Å². The van der Waals surface area contributed by atoms with Gasteiger partial charge in [0.05, 0.1) is 0 Å². The van der Waals surface area contributed by atoms with Crippen LogP contribution >= 0.6 is 0 Å². The highest BCUT2D eigenvalue weighted by atomic mass is 16.1. The third-order valence-electron chi connectivity index (χ3n) is 5.64. The van der Waals surface area contributed by atoms with Gasteiger partial charge in [-0.1, -0.05) is 26.2 Å². The Morgan fingerprint density at radius 3 is 2.43 bits per heavy atom. The van der Waals surface area contributed by atoms with Gasteiger partial charge in [-0.2, -0.15) is 0 Å². The van der Waals surface area contributed by atoms with Gasteiger partial charge < -0.3 is 10.6 Å². The van der Waals surface area contributed by atoms with Crippen LogP contribution in [0.5, 0.6) is 0 Å². The molecule has 1 heterocycles. The van der Waals surface area contributed by atoms with Gasteiger partial charge in [0, 0.05) is 12.0 Å². The summed E-state index contributed by atoms with van der Waals surface area (Å²) in [7, 11) is 0. The Labute approximate surface area is 130 Å². The molecule has 0 aromatic carbocycles. The van der Waals surface area contributed by atoms with Crippen LogP contribution in [-0.2, 0) is 4.79 Å². The predicted octanol–water partition coefficient (Wildman–Crippen LogP) is 3.49. The summed E-state index contributed by atoms with van der Waals surface area (Å²) in [6, 6.07) is 0.345. The van der Waals surface area contributed by atoms with Crippen LogP contribution in [0.4, 0.5) is 0 Å². The van der Waals surface area contributed by atoms with Gasteiger partial charge >= 0.3 is 0 Å². The average molecular weight is 294 g/mol. The maximum atomic E-state index is 12.4. The monoisotopic (exact) mass is 294 g/mol. The summed E-state index contributed by atoms with van der Waals surface area (Å²) in [5.41, 5.74) is 0. The lowest BCUT2D eigenvalue weighted by molar-refractivity contribution is -0.127. The number of hydrogen-bond acceptors (Lipinski definition) is 2. The van der Waals surface area contributed by atoms with Gasteiger partial charge in [-0.3, -0.25) is 4.79 Å². The lowest BCUT2D eigenvalue weighted by Gasteiger charge is -2.32. The lowest BCUT2D eigenvalue weighted by atomic mass is 9.79. The van der Waals surface area contributed by atoms with Gasteiger partial charge in [0.2, 0.25) is 5.91 Å². The van der Waals surface area contributed by atoms with Gasteiger partial charge in [-0.15, -0.1) is 0 Å². The molecule has 1 unspecified atom stereocenters. The molecule has 0 bridgehead atoms. The molecule has 0 spiro atoms. The summed E-state index contributed by atoms with van der Waals surface area (Å²) in [6.07, 6.45) is 11.2. The molecule has 122 valence electrons. The second-order valence-electron chi connectivity index (χ2n) is 7.24. The molecule has 1 atom stereocenters. The molecular weight excluding hydrogens is 260 g/mol. The molecule has 3 heteroatoms. The second-order valence-corrected chi connectivity index (χ2v) is 7.24. The molecule has 0 radical (unpaired) electrons. The molecule has 2 N–H and O–H groups in total. The number of nitrogens with one attached hydrogen (secondary N) is 2. The highest BCUT2D eigenvalue weighted by molar-refractivity contribution is 5.79. The number of carbonyl (C=O) groups excluding carboxylic acids is 1. The van der Waals surface area contributed by atoms with Crippen LogP contribution < -0.4 is 10.6 Å². The third kappa shape index (κ3) is 5.28. The van der Waals surface area contributed by atoms with E-state index in [1.807, 2.05) is 0 Å². The summed E-state index contributed by atoms with van der Waals surface area (Å²) in [4.78, 5) is 12.4. The Bertz CT molecular complexity index is 304. The summed E-state index contributed by atoms with van der Waals surface area (Å²) >= 11 is 0. The molecule has 0 aromatic rings. The first-order valence-corrected chi connectivity index (χ1v) is 9.21. The molecule has 21 heavy (non-hydrogen) atoms. The number of unbranched alkanes of at least 4 members (excludes halogenated alkanes) is 1. The van der Waals surface area contributed by atoms with E-state index in [9.17, 15) is 4.79 Å². The van der Waals surface area contributed by atoms with Gasteiger partial charge in [-0.05, 0) is 70.4 Å². The Hall–Kier alpha value is -0.570. The quantitative estimate of drug-likeness (QED) is 0.787. The normalized spacial score (nSPS) is 29.0. The number of rotatable bonds is 6. The first kappa shape index (κ1) is 16.8. The Balaban J connectivity index is 1.69. The van der Waals surface area contributed by atoms with E-state index >= 15 is 0 Å². The zero-order chi connectivity index (χ0) is 15.1. The van der Waals surface area contributed by atoms with Crippen molar-refractivity contribution in [3.63, 3.8) is 0 Å². The van der Waals surface area contributed by atoms with Crippen LogP contribution in [-0.4, -0.2) is 25.0 Å². The molecule has 1 saturated heterocycles. The smallest absolute Gasteiger partial charge is 0.223 e. The van der Waals surface area contributed by atoms with Crippen molar-refractivity contribution in [1.82, 2.24) is 10.6 Å². The summed E-state index contributed by atoms with van der Waals surface area (Å²) in [6.45, 7) is 6.67. The van der Waals surface area contributed by atoms with E-state index in [1.54, 1.807) is 0 Å². The van der Waals surface area contributed by atoms with Crippen LogP contribution in [0.15, 0.2) is 0 Å². The van der Waals surface area contributed by atoms with Gasteiger partial charge in [-0.25, -0.2) is 0 Å². The van der Waals surface area contributed by atoms with Crippen molar-refractivity contribution in [3.8, 4) is 0 Å². The number of carbonyl (C=O) groups is 1. The van der Waals surface area contributed by atoms with E-state index in [4.69, 9.17) is 0 Å². The van der Waals surface area contributed by atoms with E-state index in [0.29, 0.717) is 17.9 Å². The van der Waals surface area contributed by atoms with Crippen molar-refractivity contribution in [3.05, 3.63) is 0 Å². The number of amides is 1. The number of piperidine rings is 1. The minimum absolute atomic E-state index is 0.284. The van der Waals surface area contributed by atoms with Crippen molar-refractivity contribution in [2.45, 2.75) is 77.7 Å². The Morgan fingerprint density at radius 1 is 1.14 bits per heavy atom. The molecular formula is C18H34N2O. The standard InChI is InChI=1S/C18H34N2O/c1-3-4-5-15-6-8-17(9-7-15)18(21)20-14(2)16-10-12-19-13-11-16/h14-17,19H,3-13H2,1-2H3,(H,20,21). The second kappa shape index (κ2) is 8.77. The minimum atomic E-state index is 0.284. The predicted molar refractivity (Wildman–Crippen MR) is 88.2 cm³/mol. The first-order chi connectivity index (χ1) is 10.2. The fourth-order valence-electron chi connectivity index (χ4n) is 4.01. The molecule has 1 aliphatic heterocycles. The van der Waals surface area contributed by atoms with Crippen LogP contribution in [0.25, 0.3) is 0 Å². The summed E-state index contributed by atoms with van der Waals surface area (Å²) < 4.78 is 0. The highest BCUT2D eigenvalue weighted by Gasteiger charge is 2.28. The molecule has 1 amide bonds. The van der Waals surface area contributed by atoms with Crippen molar-refractivity contribution in [2.24, 2.45) is 17.8 Å². The lowest BCUT2D eigenvalue weighted by Crippen LogP contribution is -2.45. The van der Waals surface area contributed by atoms with Crippen molar-refractivity contribution in [2.75, 3.05) is 13.1 Å². The van der Waals surface area contributed by atoms with Crippen LogP contribution in [0.2, 0.25) is 0 Å². The number of hydrogen-bond donors (Lipinski definition) is 2. The fraction of sp³-hybridized carbons (Fsp3) is 0.944. The zero-order valence-corrected chi connectivity index (χ0v) is 14.0. The molecule has 0 aromatic heterocycles. The maximum absolute atomic E-state index is 12.4. The van der Waals surface area contributed by atoms with E-state index in [0.717, 1.165) is 31.8 Å². The van der Waals surface area contributed by atoms with Crippen molar-refractivity contribution in [1.29, 1.82) is 0 Å². The van der Waals surface area contributed by atoms with Gasteiger partial charge in [0.1, 0.15) is 0 Å². The van der Waals surface area contributed by atoms with E-state index in [-0.39, 0.29) is 5.92 Å². The van der Waals surface area contributed by atoms with Gasteiger partial charge in [0.15, 0.2) is 0 Å².